The minimum atomic E-state index is 0.0924. The average molecular weight is 484 g/mol. The van der Waals surface area contributed by atoms with Gasteiger partial charge in [-0.25, -0.2) is 0 Å². The van der Waals surface area contributed by atoms with Gasteiger partial charge in [0.15, 0.2) is 5.43 Å². The highest BCUT2D eigenvalue weighted by molar-refractivity contribution is 7.13. The van der Waals surface area contributed by atoms with Crippen LogP contribution < -0.4 is 20.5 Å². The summed E-state index contributed by atoms with van der Waals surface area (Å²) in [6.07, 6.45) is 17.9. The molecule has 0 spiro atoms. The molecule has 1 heterocycles. The number of hydrogen-bond acceptors (Lipinski definition) is 3. The van der Waals surface area contributed by atoms with Gasteiger partial charge < -0.3 is 5.32 Å². The van der Waals surface area contributed by atoms with Crippen LogP contribution in [0.25, 0.3) is 28.7 Å². The van der Waals surface area contributed by atoms with E-state index in [4.69, 9.17) is 0 Å². The van der Waals surface area contributed by atoms with Gasteiger partial charge in [-0.05, 0) is 60.4 Å². The summed E-state index contributed by atoms with van der Waals surface area (Å²) in [6, 6.07) is 14.2. The molecule has 5 rings (SSSR count). The Balaban J connectivity index is 1.44. The second kappa shape index (κ2) is 11.2. The highest BCUT2D eigenvalue weighted by atomic mass is 32.1. The maximum atomic E-state index is 13.7. The Labute approximate surface area is 211 Å². The van der Waals surface area contributed by atoms with Gasteiger partial charge in [0.25, 0.3) is 0 Å². The number of amides is 1. The second-order valence-corrected chi connectivity index (χ2v) is 10.9. The van der Waals surface area contributed by atoms with Gasteiger partial charge in [0.1, 0.15) is 0 Å². The molecular formula is C31H33NO2S. The summed E-state index contributed by atoms with van der Waals surface area (Å²) in [5.41, 5.74) is 3.79. The number of carbonyl (C=O) groups excluding carboxylic acids is 1. The summed E-state index contributed by atoms with van der Waals surface area (Å²) in [6.45, 7) is 0.417. The first-order chi connectivity index (χ1) is 17.2. The first kappa shape index (κ1) is 23.7. The summed E-state index contributed by atoms with van der Waals surface area (Å²) in [7, 11) is 0. The van der Waals surface area contributed by atoms with Crippen molar-refractivity contribution in [1.29, 1.82) is 0 Å². The third kappa shape index (κ3) is 5.65. The maximum Gasteiger partial charge on any atom is 0.220 e. The fourth-order valence-corrected chi connectivity index (χ4v) is 6.60. The van der Waals surface area contributed by atoms with E-state index < -0.39 is 0 Å². The zero-order chi connectivity index (χ0) is 24.0. The zero-order valence-electron chi connectivity index (χ0n) is 20.2. The molecule has 3 nitrogen and oxygen atoms in total. The van der Waals surface area contributed by atoms with E-state index in [9.17, 15) is 9.59 Å². The summed E-state index contributed by atoms with van der Waals surface area (Å²) < 4.78 is 1.22. The van der Waals surface area contributed by atoms with Crippen LogP contribution >= 0.6 is 11.3 Å². The van der Waals surface area contributed by atoms with Crippen molar-refractivity contribution in [1.82, 2.24) is 5.32 Å². The molecule has 180 valence electrons. The van der Waals surface area contributed by atoms with Crippen molar-refractivity contribution in [3.8, 4) is 10.4 Å². The molecule has 1 fully saturated rings. The molecule has 1 saturated carbocycles. The van der Waals surface area contributed by atoms with Crippen LogP contribution in [-0.2, 0) is 17.8 Å². The van der Waals surface area contributed by atoms with Crippen LogP contribution in [0.2, 0.25) is 0 Å². The molecule has 1 amide bonds. The van der Waals surface area contributed by atoms with E-state index in [2.05, 4.69) is 47.8 Å². The highest BCUT2D eigenvalue weighted by Gasteiger charge is 2.20. The molecule has 4 heteroatoms. The lowest BCUT2D eigenvalue weighted by atomic mass is 9.87. The Morgan fingerprint density at radius 3 is 2.63 bits per heavy atom. The van der Waals surface area contributed by atoms with Crippen molar-refractivity contribution in [2.45, 2.75) is 64.3 Å². The Morgan fingerprint density at radius 2 is 1.80 bits per heavy atom. The Morgan fingerprint density at radius 1 is 1.00 bits per heavy atom. The molecule has 4 aliphatic rings. The molecule has 0 atom stereocenters. The molecule has 1 N–H and O–H groups in total. The largest absolute Gasteiger partial charge is 0.352 e. The predicted octanol–water partition coefficient (Wildman–Crippen LogP) is 5.41. The average Bonchev–Trinajstić information content (AvgIpc) is 2.89. The van der Waals surface area contributed by atoms with E-state index in [0.717, 1.165) is 58.0 Å². The summed E-state index contributed by atoms with van der Waals surface area (Å²) in [5.74, 6) is 0.617. The van der Waals surface area contributed by atoms with Gasteiger partial charge >= 0.3 is 0 Å². The van der Waals surface area contributed by atoms with Crippen LogP contribution in [0, 0.1) is 5.92 Å². The summed E-state index contributed by atoms with van der Waals surface area (Å²) in [5, 5.41) is 4.32. The van der Waals surface area contributed by atoms with Crippen LogP contribution in [0.4, 0.5) is 0 Å². The lowest BCUT2D eigenvalue weighted by Gasteiger charge is -2.21. The van der Waals surface area contributed by atoms with E-state index in [1.54, 1.807) is 11.3 Å². The number of carbonyl (C=O) groups is 1. The minimum Gasteiger partial charge on any atom is -0.352 e. The molecule has 1 aromatic carbocycles. The SMILES string of the molecule is O=C(CC1CCCCC1)NCc1c2c(=O)c(CC=Cc3ccccc3)ccc-2sc2c1=CCCC=2. The number of fused-ring (bicyclic) bond motifs is 2. The van der Waals surface area contributed by atoms with Crippen LogP contribution in [0.5, 0.6) is 0 Å². The topological polar surface area (TPSA) is 46.2 Å². The van der Waals surface area contributed by atoms with Gasteiger partial charge in [-0.1, -0.05) is 80.0 Å². The molecule has 0 bridgehead atoms. The number of hydrogen-bond donors (Lipinski definition) is 1. The van der Waals surface area contributed by atoms with Crippen molar-refractivity contribution < 1.29 is 4.79 Å². The van der Waals surface area contributed by atoms with Crippen molar-refractivity contribution in [3.63, 3.8) is 0 Å². The second-order valence-electron chi connectivity index (χ2n) is 9.77. The van der Waals surface area contributed by atoms with Gasteiger partial charge in [0, 0.05) is 33.5 Å². The Bertz CT molecular complexity index is 1360. The highest BCUT2D eigenvalue weighted by Crippen LogP contribution is 2.27. The Hall–Kier alpha value is -2.98. The van der Waals surface area contributed by atoms with E-state index in [-0.39, 0.29) is 11.3 Å². The number of allylic oxidation sites excluding steroid dienone is 1. The van der Waals surface area contributed by atoms with Crippen LogP contribution in [0.1, 0.15) is 68.1 Å². The fourth-order valence-electron chi connectivity index (χ4n) is 5.40. The monoisotopic (exact) mass is 483 g/mol. The lowest BCUT2D eigenvalue weighted by Crippen LogP contribution is -2.36. The first-order valence-electron chi connectivity index (χ1n) is 13.0. The maximum absolute atomic E-state index is 13.7. The number of rotatable bonds is 7. The lowest BCUT2D eigenvalue weighted by molar-refractivity contribution is -0.122. The molecule has 1 aromatic rings. The number of nitrogens with one attached hydrogen (secondary N) is 1. The molecule has 35 heavy (non-hydrogen) atoms. The van der Waals surface area contributed by atoms with Gasteiger partial charge in [0.2, 0.25) is 5.91 Å². The Kier molecular flexibility index (Phi) is 7.58. The molecule has 3 aliphatic carbocycles. The van der Waals surface area contributed by atoms with Gasteiger partial charge in [0.05, 0.1) is 0 Å². The van der Waals surface area contributed by atoms with E-state index in [0.29, 0.717) is 25.3 Å². The van der Waals surface area contributed by atoms with Crippen molar-refractivity contribution in [2.24, 2.45) is 5.92 Å². The number of benzene rings is 2. The third-order valence-corrected chi connectivity index (χ3v) is 8.43. The fraction of sp³-hybridized carbons (Fsp3) is 0.355. The standard InChI is InChI=1S/C31H33NO2S/c33-29(20-23-12-5-2-6-13-23)32-21-26-25-16-7-8-17-27(25)35-28-19-18-24(31(34)30(26)28)15-9-14-22-10-3-1-4-11-22/h1,3-4,9-11,14,16-19,23H,2,5-8,12-13,15,20-21H2,(H,32,33). The van der Waals surface area contributed by atoms with Gasteiger partial charge in [-0.3, -0.25) is 9.59 Å². The molecule has 0 aromatic heterocycles. The predicted molar refractivity (Wildman–Crippen MR) is 147 cm³/mol. The summed E-state index contributed by atoms with van der Waals surface area (Å²) in [4.78, 5) is 27.5. The minimum absolute atomic E-state index is 0.0924. The molecule has 0 unspecified atom stereocenters. The van der Waals surface area contributed by atoms with Crippen LogP contribution in [-0.4, -0.2) is 5.91 Å². The quantitative estimate of drug-likeness (QED) is 0.488. The van der Waals surface area contributed by atoms with Crippen molar-refractivity contribution >= 4 is 35.5 Å². The molecular weight excluding hydrogens is 450 g/mol. The molecule has 0 saturated heterocycles. The smallest absolute Gasteiger partial charge is 0.220 e. The summed E-state index contributed by atoms with van der Waals surface area (Å²) >= 11 is 1.69. The molecule has 1 aliphatic heterocycles. The van der Waals surface area contributed by atoms with E-state index >= 15 is 0 Å². The van der Waals surface area contributed by atoms with Gasteiger partial charge in [-0.2, -0.15) is 0 Å². The zero-order valence-corrected chi connectivity index (χ0v) is 21.0. The normalized spacial score (nSPS) is 16.0. The van der Waals surface area contributed by atoms with Crippen molar-refractivity contribution in [3.05, 3.63) is 85.2 Å². The van der Waals surface area contributed by atoms with Crippen LogP contribution in [0.3, 0.4) is 0 Å². The molecule has 0 radical (unpaired) electrons. The first-order valence-corrected chi connectivity index (χ1v) is 13.8. The van der Waals surface area contributed by atoms with Gasteiger partial charge in [-0.15, -0.1) is 11.3 Å². The van der Waals surface area contributed by atoms with E-state index in [1.807, 2.05) is 24.3 Å². The van der Waals surface area contributed by atoms with E-state index in [1.165, 1.54) is 23.8 Å². The van der Waals surface area contributed by atoms with Crippen molar-refractivity contribution in [2.75, 3.05) is 0 Å². The third-order valence-electron chi connectivity index (χ3n) is 7.27. The van der Waals surface area contributed by atoms with Crippen LogP contribution in [0.15, 0.2) is 53.3 Å².